The van der Waals surface area contributed by atoms with Gasteiger partial charge in [0.2, 0.25) is 0 Å². The van der Waals surface area contributed by atoms with E-state index in [-0.39, 0.29) is 5.16 Å². The molecule has 2 N–H and O–H groups in total. The predicted molar refractivity (Wildman–Crippen MR) is 46.6 cm³/mol. The summed E-state index contributed by atoms with van der Waals surface area (Å²) in [6.07, 6.45) is -4.34. The highest BCUT2D eigenvalue weighted by Crippen LogP contribution is 2.27. The van der Waals surface area contributed by atoms with E-state index < -0.39 is 16.9 Å². The highest BCUT2D eigenvalue weighted by Gasteiger charge is 2.36. The van der Waals surface area contributed by atoms with Gasteiger partial charge in [-0.1, -0.05) is 29.8 Å². The van der Waals surface area contributed by atoms with Crippen LogP contribution in [0.15, 0.2) is 28.5 Å². The minimum Gasteiger partial charge on any atom is -0.404 e. The van der Waals surface area contributed by atoms with Crippen molar-refractivity contribution < 1.29 is 13.2 Å². The highest BCUT2D eigenvalue weighted by atomic mass is 35.5. The summed E-state index contributed by atoms with van der Waals surface area (Å²) in [6.45, 7) is 3.05. The third-order valence-corrected chi connectivity index (χ3v) is 1.29. The lowest BCUT2D eigenvalue weighted by Crippen LogP contribution is -2.18. The highest BCUT2D eigenvalue weighted by molar-refractivity contribution is 6.70. The molecule has 74 valence electrons. The van der Waals surface area contributed by atoms with Gasteiger partial charge in [0.05, 0.1) is 0 Å². The van der Waals surface area contributed by atoms with Gasteiger partial charge in [-0.15, -0.1) is 0 Å². The van der Waals surface area contributed by atoms with Crippen molar-refractivity contribution in [3.63, 3.8) is 0 Å². The Bertz CT molecular complexity index is 268. The van der Waals surface area contributed by atoms with Crippen LogP contribution >= 0.6 is 23.2 Å². The van der Waals surface area contributed by atoms with Crippen molar-refractivity contribution in [2.45, 2.75) is 6.18 Å². The van der Waals surface area contributed by atoms with Gasteiger partial charge in [-0.25, -0.2) is 4.99 Å². The molecule has 7 heteroatoms. The van der Waals surface area contributed by atoms with E-state index in [1.54, 1.807) is 0 Å². The molecule has 0 rings (SSSR count). The first-order valence-electron chi connectivity index (χ1n) is 2.87. The molecule has 0 spiro atoms. The number of allylic oxidation sites excluding steroid dienone is 1. The van der Waals surface area contributed by atoms with Crippen LogP contribution in [0.1, 0.15) is 0 Å². The Morgan fingerprint density at radius 2 is 1.85 bits per heavy atom. The smallest absolute Gasteiger partial charge is 0.404 e. The zero-order chi connectivity index (χ0) is 10.6. The Hall–Kier alpha value is -0.680. The number of halogens is 5. The number of alkyl halides is 3. The van der Waals surface area contributed by atoms with Crippen molar-refractivity contribution in [1.29, 1.82) is 0 Å². The maximum Gasteiger partial charge on any atom is 0.420 e. The molecule has 0 bridgehead atoms. The van der Waals surface area contributed by atoms with Gasteiger partial charge in [0.25, 0.3) is 0 Å². The Balaban J connectivity index is 4.94. The summed E-state index contributed by atoms with van der Waals surface area (Å²) >= 11 is 10.3. The van der Waals surface area contributed by atoms with E-state index in [1.807, 2.05) is 0 Å². The molecule has 0 amide bonds. The maximum atomic E-state index is 12.0. The molecule has 0 saturated heterocycles. The largest absolute Gasteiger partial charge is 0.420 e. The van der Waals surface area contributed by atoms with Gasteiger partial charge in [0.15, 0.2) is 0 Å². The van der Waals surface area contributed by atoms with E-state index in [4.69, 9.17) is 28.9 Å². The van der Waals surface area contributed by atoms with Crippen LogP contribution in [0, 0.1) is 0 Å². The second-order valence-electron chi connectivity index (χ2n) is 1.86. The molecule has 0 aliphatic heterocycles. The van der Waals surface area contributed by atoms with Gasteiger partial charge < -0.3 is 5.73 Å². The first-order chi connectivity index (χ1) is 5.79. The van der Waals surface area contributed by atoms with Crippen LogP contribution in [0.2, 0.25) is 0 Å². The maximum absolute atomic E-state index is 12.0. The lowest BCUT2D eigenvalue weighted by atomic mass is 10.3. The minimum atomic E-state index is -4.65. The van der Waals surface area contributed by atoms with Crippen LogP contribution in [-0.2, 0) is 0 Å². The van der Waals surface area contributed by atoms with Crippen LogP contribution in [-0.4, -0.2) is 11.3 Å². The number of nitrogens with two attached hydrogens (primary N) is 1. The van der Waals surface area contributed by atoms with Crippen molar-refractivity contribution in [3.8, 4) is 0 Å². The van der Waals surface area contributed by atoms with Crippen LogP contribution in [0.4, 0.5) is 13.2 Å². The number of hydrogen-bond donors (Lipinski definition) is 1. The molecular formula is C6H5Cl2F3N2. The summed E-state index contributed by atoms with van der Waals surface area (Å²) in [5, 5.41) is -1.19. The summed E-state index contributed by atoms with van der Waals surface area (Å²) in [5.41, 5.74) is 3.46. The van der Waals surface area contributed by atoms with Gasteiger partial charge in [-0.05, 0) is 0 Å². The van der Waals surface area contributed by atoms with Crippen LogP contribution < -0.4 is 5.73 Å². The molecule has 0 saturated carbocycles. The molecule has 0 aliphatic rings. The summed E-state index contributed by atoms with van der Waals surface area (Å²) < 4.78 is 36.1. The van der Waals surface area contributed by atoms with E-state index in [9.17, 15) is 13.2 Å². The number of rotatable bonds is 2. The topological polar surface area (TPSA) is 38.4 Å². The second kappa shape index (κ2) is 4.53. The van der Waals surface area contributed by atoms with Crippen molar-refractivity contribution in [1.82, 2.24) is 0 Å². The van der Waals surface area contributed by atoms with Crippen molar-refractivity contribution in [2.75, 3.05) is 0 Å². The fourth-order valence-corrected chi connectivity index (χ4v) is 0.847. The predicted octanol–water partition coefficient (Wildman–Crippen LogP) is 2.74. The standard InChI is InChI=1S/C6H5Cl2F3N2/c1-3(7)13-5(8)4(2-12)6(9,10)11/h2H,1,12H2/b4-2+,13-5?. The zero-order valence-corrected chi connectivity index (χ0v) is 7.71. The van der Waals surface area contributed by atoms with Crippen LogP contribution in [0.25, 0.3) is 0 Å². The third-order valence-electron chi connectivity index (χ3n) is 0.914. The van der Waals surface area contributed by atoms with E-state index in [0.717, 1.165) is 0 Å². The monoisotopic (exact) mass is 232 g/mol. The lowest BCUT2D eigenvalue weighted by Gasteiger charge is -2.08. The van der Waals surface area contributed by atoms with E-state index in [0.29, 0.717) is 6.20 Å². The molecule has 0 aromatic carbocycles. The molecular weight excluding hydrogens is 228 g/mol. The summed E-state index contributed by atoms with van der Waals surface area (Å²) in [4.78, 5) is 3.10. The average molecular weight is 233 g/mol. The third kappa shape index (κ3) is 4.19. The van der Waals surface area contributed by atoms with Crippen molar-refractivity contribution >= 4 is 28.4 Å². The molecule has 0 aromatic heterocycles. The fraction of sp³-hybridized carbons (Fsp3) is 0.167. The molecule has 0 unspecified atom stereocenters. The number of nitrogens with zero attached hydrogens (tertiary/aromatic N) is 1. The average Bonchev–Trinajstić information content (AvgIpc) is 1.82. The van der Waals surface area contributed by atoms with Gasteiger partial charge in [0, 0.05) is 6.20 Å². The Labute approximate surface area is 82.5 Å². The van der Waals surface area contributed by atoms with Crippen LogP contribution in [0.3, 0.4) is 0 Å². The summed E-state index contributed by atoms with van der Waals surface area (Å²) in [6, 6.07) is 0. The molecule has 0 atom stereocenters. The van der Waals surface area contributed by atoms with Crippen LogP contribution in [0.5, 0.6) is 0 Å². The number of hydrogen-bond acceptors (Lipinski definition) is 2. The van der Waals surface area contributed by atoms with Crippen molar-refractivity contribution in [2.24, 2.45) is 10.7 Å². The van der Waals surface area contributed by atoms with Gasteiger partial charge >= 0.3 is 6.18 Å². The SMILES string of the molecule is C=C(Cl)N=C(Cl)/C(=C\N)C(F)(F)F. The van der Waals surface area contributed by atoms with Gasteiger partial charge in [0.1, 0.15) is 15.9 Å². The Morgan fingerprint density at radius 1 is 1.38 bits per heavy atom. The Morgan fingerprint density at radius 3 is 2.08 bits per heavy atom. The second-order valence-corrected chi connectivity index (χ2v) is 2.65. The quantitative estimate of drug-likeness (QED) is 0.577. The molecule has 0 radical (unpaired) electrons. The molecule has 2 nitrogen and oxygen atoms in total. The Kier molecular flexibility index (Phi) is 4.29. The normalized spacial score (nSPS) is 14.5. The van der Waals surface area contributed by atoms with E-state index in [1.165, 1.54) is 0 Å². The summed E-state index contributed by atoms with van der Waals surface area (Å²) in [5.74, 6) is 0. The number of aliphatic imine (C=N–C) groups is 1. The first kappa shape index (κ1) is 12.3. The molecule has 0 aromatic rings. The van der Waals surface area contributed by atoms with E-state index in [2.05, 4.69) is 11.6 Å². The van der Waals surface area contributed by atoms with Gasteiger partial charge in [-0.3, -0.25) is 0 Å². The minimum absolute atomic E-state index is 0.311. The van der Waals surface area contributed by atoms with Crippen molar-refractivity contribution in [3.05, 3.63) is 23.5 Å². The van der Waals surface area contributed by atoms with Gasteiger partial charge in [-0.2, -0.15) is 13.2 Å². The lowest BCUT2D eigenvalue weighted by molar-refractivity contribution is -0.0859. The molecule has 0 aliphatic carbocycles. The summed E-state index contributed by atoms with van der Waals surface area (Å²) in [7, 11) is 0. The zero-order valence-electron chi connectivity index (χ0n) is 6.20. The molecule has 13 heavy (non-hydrogen) atoms. The fourth-order valence-electron chi connectivity index (χ4n) is 0.447. The first-order valence-corrected chi connectivity index (χ1v) is 3.62. The van der Waals surface area contributed by atoms with E-state index >= 15 is 0 Å². The molecule has 0 heterocycles. The molecule has 0 fully saturated rings.